The summed E-state index contributed by atoms with van der Waals surface area (Å²) in [7, 11) is 1.54. The molecule has 2 aromatic carbocycles. The number of ketones is 1. The standard InChI is InChI=1S/C28H32N2O4/c1-4-22-9-11-23(12-10-22)19-30(20-24-7-5-15-29-18-24)28(32)8-6-16-34-26-14-13-25(21(2)31)17-27(26)33-3/h5,7,9-15,17-18H,4,6,8,16,19-20H2,1-3H3. The number of rotatable bonds is 12. The molecule has 6 heteroatoms. The van der Waals surface area contributed by atoms with E-state index in [4.69, 9.17) is 9.47 Å². The summed E-state index contributed by atoms with van der Waals surface area (Å²) in [6, 6.07) is 17.4. The molecule has 0 N–H and O–H groups in total. The SMILES string of the molecule is CCc1ccc(CN(Cc2cccnc2)C(=O)CCCOc2ccc(C(C)=O)cc2OC)cc1. The zero-order chi connectivity index (χ0) is 24.3. The largest absolute Gasteiger partial charge is 0.493 e. The van der Waals surface area contributed by atoms with E-state index in [9.17, 15) is 9.59 Å². The Bertz CT molecular complexity index is 1080. The maximum Gasteiger partial charge on any atom is 0.223 e. The summed E-state index contributed by atoms with van der Waals surface area (Å²) in [5, 5.41) is 0. The predicted octanol–water partition coefficient (Wildman–Crippen LogP) is 5.24. The number of aryl methyl sites for hydroxylation is 1. The Hall–Kier alpha value is -3.67. The van der Waals surface area contributed by atoms with E-state index in [1.54, 1.807) is 37.7 Å². The first-order valence-electron chi connectivity index (χ1n) is 11.6. The maximum absolute atomic E-state index is 13.1. The van der Waals surface area contributed by atoms with Crippen LogP contribution >= 0.6 is 0 Å². The van der Waals surface area contributed by atoms with Crippen molar-refractivity contribution in [3.05, 3.63) is 89.2 Å². The van der Waals surface area contributed by atoms with E-state index in [2.05, 4.69) is 36.2 Å². The van der Waals surface area contributed by atoms with Crippen molar-refractivity contribution in [3.8, 4) is 11.5 Å². The molecule has 0 aliphatic carbocycles. The Kier molecular flexibility index (Phi) is 9.21. The zero-order valence-corrected chi connectivity index (χ0v) is 20.1. The van der Waals surface area contributed by atoms with Gasteiger partial charge in [-0.3, -0.25) is 14.6 Å². The lowest BCUT2D eigenvalue weighted by atomic mass is 10.1. The fourth-order valence-electron chi connectivity index (χ4n) is 3.61. The van der Waals surface area contributed by atoms with Crippen LogP contribution in [0.5, 0.6) is 11.5 Å². The lowest BCUT2D eigenvalue weighted by Crippen LogP contribution is -2.30. The number of hydrogen-bond acceptors (Lipinski definition) is 5. The summed E-state index contributed by atoms with van der Waals surface area (Å²) in [6.45, 7) is 5.05. The molecule has 1 amide bonds. The molecule has 0 unspecified atom stereocenters. The molecule has 1 heterocycles. The van der Waals surface area contributed by atoms with E-state index >= 15 is 0 Å². The molecule has 34 heavy (non-hydrogen) atoms. The van der Waals surface area contributed by atoms with Gasteiger partial charge in [-0.1, -0.05) is 37.3 Å². The molecule has 0 aliphatic rings. The van der Waals surface area contributed by atoms with Crippen LogP contribution in [0.4, 0.5) is 0 Å². The Morgan fingerprint density at radius 2 is 1.68 bits per heavy atom. The summed E-state index contributed by atoms with van der Waals surface area (Å²) >= 11 is 0. The number of aromatic nitrogens is 1. The second kappa shape index (κ2) is 12.5. The van der Waals surface area contributed by atoms with E-state index in [1.165, 1.54) is 12.5 Å². The third-order valence-corrected chi connectivity index (χ3v) is 5.62. The number of carbonyl (C=O) groups is 2. The van der Waals surface area contributed by atoms with E-state index in [0.717, 1.165) is 17.5 Å². The molecule has 6 nitrogen and oxygen atoms in total. The second-order valence-corrected chi connectivity index (χ2v) is 8.15. The Labute approximate surface area is 201 Å². The Morgan fingerprint density at radius 3 is 2.32 bits per heavy atom. The number of nitrogens with zero attached hydrogens (tertiary/aromatic N) is 2. The highest BCUT2D eigenvalue weighted by Gasteiger charge is 2.15. The molecular formula is C28H32N2O4. The molecule has 0 saturated carbocycles. The van der Waals surface area contributed by atoms with Crippen molar-refractivity contribution >= 4 is 11.7 Å². The topological polar surface area (TPSA) is 68.7 Å². The van der Waals surface area contributed by atoms with Crippen molar-refractivity contribution in [2.75, 3.05) is 13.7 Å². The fourth-order valence-corrected chi connectivity index (χ4v) is 3.61. The number of methoxy groups -OCH3 is 1. The number of hydrogen-bond donors (Lipinski definition) is 0. The van der Waals surface area contributed by atoms with Gasteiger partial charge < -0.3 is 14.4 Å². The molecule has 0 fully saturated rings. The predicted molar refractivity (Wildman–Crippen MR) is 132 cm³/mol. The first kappa shape index (κ1) is 25.0. The first-order chi connectivity index (χ1) is 16.5. The van der Waals surface area contributed by atoms with E-state index < -0.39 is 0 Å². The van der Waals surface area contributed by atoms with Crippen molar-refractivity contribution in [3.63, 3.8) is 0 Å². The maximum atomic E-state index is 13.1. The number of ether oxygens (including phenoxy) is 2. The van der Waals surface area contributed by atoms with Gasteiger partial charge >= 0.3 is 0 Å². The average molecular weight is 461 g/mol. The van der Waals surface area contributed by atoms with Crippen LogP contribution in [0.15, 0.2) is 67.0 Å². The van der Waals surface area contributed by atoms with Gasteiger partial charge in [0.05, 0.1) is 13.7 Å². The molecule has 0 atom stereocenters. The molecule has 0 radical (unpaired) electrons. The minimum Gasteiger partial charge on any atom is -0.493 e. The summed E-state index contributed by atoms with van der Waals surface area (Å²) in [5.74, 6) is 1.09. The Balaban J connectivity index is 1.60. The van der Waals surface area contributed by atoms with Crippen molar-refractivity contribution in [1.29, 1.82) is 0 Å². The van der Waals surface area contributed by atoms with Crippen LogP contribution in [0, 0.1) is 0 Å². The molecule has 0 spiro atoms. The molecule has 0 aliphatic heterocycles. The van der Waals surface area contributed by atoms with Gasteiger partial charge in [0.2, 0.25) is 5.91 Å². The minimum atomic E-state index is -0.0338. The number of pyridine rings is 1. The minimum absolute atomic E-state index is 0.0338. The van der Waals surface area contributed by atoms with Crippen molar-refractivity contribution in [1.82, 2.24) is 9.88 Å². The molecule has 0 saturated heterocycles. The number of amides is 1. The van der Waals surface area contributed by atoms with Gasteiger partial charge in [-0.2, -0.15) is 0 Å². The monoisotopic (exact) mass is 460 g/mol. The van der Waals surface area contributed by atoms with Crippen LogP contribution in [0.3, 0.4) is 0 Å². The van der Waals surface area contributed by atoms with Gasteiger partial charge in [0, 0.05) is 37.5 Å². The van der Waals surface area contributed by atoms with Crippen molar-refractivity contribution in [2.24, 2.45) is 0 Å². The number of benzene rings is 2. The zero-order valence-electron chi connectivity index (χ0n) is 20.1. The smallest absolute Gasteiger partial charge is 0.223 e. The third-order valence-electron chi connectivity index (χ3n) is 5.62. The molecule has 178 valence electrons. The fraction of sp³-hybridized carbons (Fsp3) is 0.321. The molecule has 1 aromatic heterocycles. The summed E-state index contributed by atoms with van der Waals surface area (Å²) in [4.78, 5) is 30.7. The van der Waals surface area contributed by atoms with Gasteiger partial charge in [0.15, 0.2) is 17.3 Å². The van der Waals surface area contributed by atoms with Crippen LogP contribution in [-0.2, 0) is 24.3 Å². The molecular weight excluding hydrogens is 428 g/mol. The van der Waals surface area contributed by atoms with E-state index in [-0.39, 0.29) is 11.7 Å². The molecule has 3 aromatic rings. The van der Waals surface area contributed by atoms with Gasteiger partial charge in [-0.25, -0.2) is 0 Å². The van der Waals surface area contributed by atoms with Gasteiger partial charge in [-0.05, 0) is 60.7 Å². The van der Waals surface area contributed by atoms with E-state index in [0.29, 0.717) is 49.6 Å². The average Bonchev–Trinajstić information content (AvgIpc) is 2.87. The quantitative estimate of drug-likeness (QED) is 0.273. The van der Waals surface area contributed by atoms with Crippen LogP contribution in [0.2, 0.25) is 0 Å². The van der Waals surface area contributed by atoms with Gasteiger partial charge in [-0.15, -0.1) is 0 Å². The summed E-state index contributed by atoms with van der Waals surface area (Å²) in [6.07, 6.45) is 5.44. The van der Waals surface area contributed by atoms with Gasteiger partial charge in [0.25, 0.3) is 0 Å². The molecule has 3 rings (SSSR count). The number of carbonyl (C=O) groups excluding carboxylic acids is 2. The van der Waals surface area contributed by atoms with Crippen LogP contribution in [0.25, 0.3) is 0 Å². The van der Waals surface area contributed by atoms with Crippen LogP contribution in [-0.4, -0.2) is 35.3 Å². The van der Waals surface area contributed by atoms with Crippen molar-refractivity contribution in [2.45, 2.75) is 46.2 Å². The highest BCUT2D eigenvalue weighted by atomic mass is 16.5. The summed E-state index contributed by atoms with van der Waals surface area (Å²) in [5.41, 5.74) is 3.93. The highest BCUT2D eigenvalue weighted by Crippen LogP contribution is 2.28. The van der Waals surface area contributed by atoms with E-state index in [1.807, 2.05) is 17.0 Å². The normalized spacial score (nSPS) is 10.6. The van der Waals surface area contributed by atoms with Crippen LogP contribution in [0.1, 0.15) is 53.7 Å². The van der Waals surface area contributed by atoms with Crippen molar-refractivity contribution < 1.29 is 19.1 Å². The lowest BCUT2D eigenvalue weighted by Gasteiger charge is -2.23. The van der Waals surface area contributed by atoms with Crippen LogP contribution < -0.4 is 9.47 Å². The summed E-state index contributed by atoms with van der Waals surface area (Å²) < 4.78 is 11.2. The first-order valence-corrected chi connectivity index (χ1v) is 11.6. The highest BCUT2D eigenvalue weighted by molar-refractivity contribution is 5.94. The Morgan fingerprint density at radius 1 is 0.941 bits per heavy atom. The third kappa shape index (κ3) is 7.17. The van der Waals surface area contributed by atoms with Gasteiger partial charge in [0.1, 0.15) is 0 Å². The number of Topliss-reactive ketones (excluding diaryl/α,β-unsaturated/α-hetero) is 1. The second-order valence-electron chi connectivity index (χ2n) is 8.15. The molecule has 0 bridgehead atoms. The lowest BCUT2D eigenvalue weighted by molar-refractivity contribution is -0.132.